The van der Waals surface area contributed by atoms with E-state index in [1.807, 2.05) is 0 Å². The molecule has 0 spiro atoms. The topological polar surface area (TPSA) is 0 Å². The van der Waals surface area contributed by atoms with Crippen molar-refractivity contribution in [3.8, 4) is 0 Å². The van der Waals surface area contributed by atoms with Crippen LogP contribution in [0.1, 0.15) is 82.9 Å². The van der Waals surface area contributed by atoms with Gasteiger partial charge in [0.1, 0.15) is 0 Å². The zero-order valence-corrected chi connectivity index (χ0v) is 13.6. The smallest absolute Gasteiger partial charge is 0.0193 e. The number of rotatable bonds is 8. The van der Waals surface area contributed by atoms with Crippen molar-refractivity contribution in [3.05, 3.63) is 34.9 Å². The van der Waals surface area contributed by atoms with Gasteiger partial charge < -0.3 is 0 Å². The number of aryl methyl sites for hydroxylation is 2. The Labute approximate surface area is 120 Å². The molecule has 0 aromatic heterocycles. The maximum Gasteiger partial charge on any atom is -0.0193 e. The van der Waals surface area contributed by atoms with Gasteiger partial charge in [-0.25, -0.2) is 0 Å². The Kier molecular flexibility index (Phi) is 7.20. The molecule has 0 saturated carbocycles. The van der Waals surface area contributed by atoms with Crippen LogP contribution in [0.25, 0.3) is 0 Å². The van der Waals surface area contributed by atoms with E-state index >= 15 is 0 Å². The van der Waals surface area contributed by atoms with Gasteiger partial charge in [0.25, 0.3) is 0 Å². The summed E-state index contributed by atoms with van der Waals surface area (Å²) in [6, 6.07) is 7.19. The van der Waals surface area contributed by atoms with E-state index in [4.69, 9.17) is 0 Å². The van der Waals surface area contributed by atoms with Crippen molar-refractivity contribution in [3.63, 3.8) is 0 Å². The van der Waals surface area contributed by atoms with Gasteiger partial charge in [-0.2, -0.15) is 0 Å². The van der Waals surface area contributed by atoms with Gasteiger partial charge in [0.15, 0.2) is 0 Å². The zero-order valence-electron chi connectivity index (χ0n) is 13.6. The highest BCUT2D eigenvalue weighted by atomic mass is 14.1. The normalized spacial score (nSPS) is 14.4. The number of hydrogen-bond donors (Lipinski definition) is 0. The number of benzene rings is 1. The molecule has 0 heterocycles. The second kappa shape index (κ2) is 8.40. The molecule has 0 bridgehead atoms. The van der Waals surface area contributed by atoms with Gasteiger partial charge in [0, 0.05) is 0 Å². The van der Waals surface area contributed by atoms with Crippen LogP contribution in [0.4, 0.5) is 0 Å². The SMILES string of the molecule is CCc1cc(C(C)CC)ccc1CCCC(C)CC. The first kappa shape index (κ1) is 16.3. The first-order valence-electron chi connectivity index (χ1n) is 8.23. The molecule has 0 aliphatic rings. The molecule has 0 N–H and O–H groups in total. The van der Waals surface area contributed by atoms with E-state index in [1.54, 1.807) is 11.1 Å². The average molecular weight is 260 g/mol. The lowest BCUT2D eigenvalue weighted by atomic mass is 9.91. The minimum Gasteiger partial charge on any atom is -0.0651 e. The quantitative estimate of drug-likeness (QED) is 0.527. The van der Waals surface area contributed by atoms with E-state index < -0.39 is 0 Å². The van der Waals surface area contributed by atoms with E-state index in [9.17, 15) is 0 Å². The molecular weight excluding hydrogens is 228 g/mol. The lowest BCUT2D eigenvalue weighted by Gasteiger charge is -2.15. The molecule has 0 heteroatoms. The predicted molar refractivity (Wildman–Crippen MR) is 86.9 cm³/mol. The van der Waals surface area contributed by atoms with Crippen LogP contribution >= 0.6 is 0 Å². The maximum absolute atomic E-state index is 2.45. The summed E-state index contributed by atoms with van der Waals surface area (Å²) in [6.07, 6.45) is 7.68. The van der Waals surface area contributed by atoms with Crippen LogP contribution in [0, 0.1) is 5.92 Å². The lowest BCUT2D eigenvalue weighted by Crippen LogP contribution is -2.00. The zero-order chi connectivity index (χ0) is 14.3. The fourth-order valence-corrected chi connectivity index (χ4v) is 2.61. The maximum atomic E-state index is 2.45. The standard InChI is InChI=1S/C19H32/c1-6-15(4)10-9-11-18-12-13-19(16(5)7-2)14-17(18)8-3/h12-16H,6-11H2,1-5H3. The van der Waals surface area contributed by atoms with Gasteiger partial charge >= 0.3 is 0 Å². The molecular formula is C19H32. The molecule has 0 aliphatic heterocycles. The highest BCUT2D eigenvalue weighted by Gasteiger charge is 2.07. The molecule has 1 aromatic rings. The minimum absolute atomic E-state index is 0.694. The van der Waals surface area contributed by atoms with Gasteiger partial charge in [-0.3, -0.25) is 0 Å². The first-order valence-corrected chi connectivity index (χ1v) is 8.23. The van der Waals surface area contributed by atoms with Crippen molar-refractivity contribution in [2.45, 2.75) is 79.1 Å². The summed E-state index contributed by atoms with van der Waals surface area (Å²) in [4.78, 5) is 0. The Morgan fingerprint density at radius 1 is 0.947 bits per heavy atom. The monoisotopic (exact) mass is 260 g/mol. The summed E-state index contributed by atoms with van der Waals surface area (Å²) in [5.41, 5.74) is 4.67. The first-order chi connectivity index (χ1) is 9.12. The Balaban J connectivity index is 2.68. The van der Waals surface area contributed by atoms with Gasteiger partial charge in [0.2, 0.25) is 0 Å². The van der Waals surface area contributed by atoms with Gasteiger partial charge in [-0.15, -0.1) is 0 Å². The average Bonchev–Trinajstić information content (AvgIpc) is 2.46. The fraction of sp³-hybridized carbons (Fsp3) is 0.684. The Morgan fingerprint density at radius 3 is 2.26 bits per heavy atom. The molecule has 108 valence electrons. The third-order valence-corrected chi connectivity index (χ3v) is 4.63. The van der Waals surface area contributed by atoms with Crippen LogP contribution in [-0.2, 0) is 12.8 Å². The van der Waals surface area contributed by atoms with Crippen LogP contribution in [0.2, 0.25) is 0 Å². The van der Waals surface area contributed by atoms with E-state index in [0.717, 1.165) is 5.92 Å². The second-order valence-electron chi connectivity index (χ2n) is 6.10. The van der Waals surface area contributed by atoms with Crippen molar-refractivity contribution in [2.24, 2.45) is 5.92 Å². The van der Waals surface area contributed by atoms with Crippen molar-refractivity contribution in [2.75, 3.05) is 0 Å². The third-order valence-electron chi connectivity index (χ3n) is 4.63. The minimum atomic E-state index is 0.694. The molecule has 19 heavy (non-hydrogen) atoms. The highest BCUT2D eigenvalue weighted by Crippen LogP contribution is 2.23. The molecule has 2 unspecified atom stereocenters. The molecule has 0 amide bonds. The second-order valence-corrected chi connectivity index (χ2v) is 6.10. The van der Waals surface area contributed by atoms with Gasteiger partial charge in [-0.05, 0) is 54.2 Å². The van der Waals surface area contributed by atoms with Crippen molar-refractivity contribution in [1.82, 2.24) is 0 Å². The molecule has 0 saturated heterocycles. The molecule has 1 rings (SSSR count). The summed E-state index contributed by atoms with van der Waals surface area (Å²) < 4.78 is 0. The molecule has 0 nitrogen and oxygen atoms in total. The van der Waals surface area contributed by atoms with Crippen LogP contribution in [0.5, 0.6) is 0 Å². The van der Waals surface area contributed by atoms with Crippen LogP contribution < -0.4 is 0 Å². The van der Waals surface area contributed by atoms with Crippen LogP contribution in [-0.4, -0.2) is 0 Å². The molecule has 0 aliphatic carbocycles. The van der Waals surface area contributed by atoms with E-state index in [1.165, 1.54) is 44.1 Å². The Bertz CT molecular complexity index is 364. The van der Waals surface area contributed by atoms with E-state index in [2.05, 4.69) is 52.8 Å². The summed E-state index contributed by atoms with van der Waals surface area (Å²) in [7, 11) is 0. The Hall–Kier alpha value is -0.780. The number of hydrogen-bond acceptors (Lipinski definition) is 0. The van der Waals surface area contributed by atoms with E-state index in [-0.39, 0.29) is 0 Å². The summed E-state index contributed by atoms with van der Waals surface area (Å²) in [5.74, 6) is 1.57. The lowest BCUT2D eigenvalue weighted by molar-refractivity contribution is 0.495. The Morgan fingerprint density at radius 2 is 1.68 bits per heavy atom. The van der Waals surface area contributed by atoms with Crippen molar-refractivity contribution < 1.29 is 0 Å². The predicted octanol–water partition coefficient (Wildman–Crippen LogP) is 6.13. The largest absolute Gasteiger partial charge is 0.0651 e. The van der Waals surface area contributed by atoms with Crippen LogP contribution in [0.15, 0.2) is 18.2 Å². The van der Waals surface area contributed by atoms with Crippen molar-refractivity contribution in [1.29, 1.82) is 0 Å². The highest BCUT2D eigenvalue weighted by molar-refractivity contribution is 5.33. The van der Waals surface area contributed by atoms with Crippen LogP contribution in [0.3, 0.4) is 0 Å². The third kappa shape index (κ3) is 5.01. The summed E-state index contributed by atoms with van der Waals surface area (Å²) >= 11 is 0. The van der Waals surface area contributed by atoms with Gasteiger partial charge in [-0.1, -0.05) is 65.7 Å². The summed E-state index contributed by atoms with van der Waals surface area (Å²) in [5, 5.41) is 0. The molecule has 0 fully saturated rings. The van der Waals surface area contributed by atoms with E-state index in [0.29, 0.717) is 5.92 Å². The molecule has 2 atom stereocenters. The van der Waals surface area contributed by atoms with Gasteiger partial charge in [0.05, 0.1) is 0 Å². The van der Waals surface area contributed by atoms with Crippen molar-refractivity contribution >= 4 is 0 Å². The molecule has 0 radical (unpaired) electrons. The fourth-order valence-electron chi connectivity index (χ4n) is 2.61. The summed E-state index contributed by atoms with van der Waals surface area (Å²) in [6.45, 7) is 11.6. The molecule has 1 aromatic carbocycles.